The molecule has 2 aliphatic rings. The molecular formula is C21H43IN4O2. The van der Waals surface area contributed by atoms with E-state index in [0.29, 0.717) is 12.1 Å². The lowest BCUT2D eigenvalue weighted by atomic mass is 9.58. The van der Waals surface area contributed by atoms with E-state index in [1.165, 1.54) is 25.9 Å². The number of hydrogen-bond acceptors (Lipinski definition) is 4. The largest absolute Gasteiger partial charge is 0.383 e. The van der Waals surface area contributed by atoms with Crippen molar-refractivity contribution in [3.05, 3.63) is 0 Å². The monoisotopic (exact) mass is 510 g/mol. The van der Waals surface area contributed by atoms with Gasteiger partial charge in [-0.3, -0.25) is 4.99 Å². The first-order valence-corrected chi connectivity index (χ1v) is 10.9. The minimum Gasteiger partial charge on any atom is -0.383 e. The van der Waals surface area contributed by atoms with Gasteiger partial charge in [0.25, 0.3) is 0 Å². The van der Waals surface area contributed by atoms with Crippen LogP contribution in [0.4, 0.5) is 0 Å². The Hall–Kier alpha value is -0.120. The molecule has 2 rings (SSSR count). The molecule has 2 unspecified atom stereocenters. The summed E-state index contributed by atoms with van der Waals surface area (Å²) in [5, 5.41) is 7.28. The average molecular weight is 511 g/mol. The highest BCUT2D eigenvalue weighted by Gasteiger charge is 2.53. The number of methoxy groups -OCH3 is 1. The quantitative estimate of drug-likeness (QED) is 0.269. The van der Waals surface area contributed by atoms with Gasteiger partial charge in [0, 0.05) is 45.3 Å². The number of rotatable bonds is 10. The van der Waals surface area contributed by atoms with Crippen molar-refractivity contribution in [1.82, 2.24) is 15.5 Å². The first-order valence-electron chi connectivity index (χ1n) is 10.9. The Kier molecular flexibility index (Phi) is 12.3. The summed E-state index contributed by atoms with van der Waals surface area (Å²) in [4.78, 5) is 6.99. The van der Waals surface area contributed by atoms with Crippen molar-refractivity contribution in [2.75, 3.05) is 53.6 Å². The summed E-state index contributed by atoms with van der Waals surface area (Å²) in [6, 6.07) is 0.450. The number of nitrogens with zero attached hydrogens (tertiary/aromatic N) is 2. The zero-order valence-electron chi connectivity index (χ0n) is 18.6. The Bertz CT molecular complexity index is 452. The fraction of sp³-hybridized carbons (Fsp3) is 0.952. The number of piperidine rings is 1. The molecule has 0 amide bonds. The predicted octanol–water partition coefficient (Wildman–Crippen LogP) is 3.11. The Morgan fingerprint density at radius 3 is 2.39 bits per heavy atom. The van der Waals surface area contributed by atoms with Crippen LogP contribution in [0.25, 0.3) is 0 Å². The van der Waals surface area contributed by atoms with Crippen molar-refractivity contribution >= 4 is 29.9 Å². The van der Waals surface area contributed by atoms with Gasteiger partial charge in [0.1, 0.15) is 0 Å². The molecule has 1 aliphatic heterocycles. The van der Waals surface area contributed by atoms with Gasteiger partial charge in [-0.05, 0) is 58.0 Å². The molecule has 0 aromatic carbocycles. The molecule has 0 aromatic heterocycles. The third kappa shape index (κ3) is 6.44. The van der Waals surface area contributed by atoms with Crippen LogP contribution in [0.2, 0.25) is 0 Å². The SMILES string of the molecule is CCOC1CC(NC(=NC)NCC2CCN(CCOC)CC2)C1(CC)CC.I. The average Bonchev–Trinajstić information content (AvgIpc) is 2.69. The second-order valence-electron chi connectivity index (χ2n) is 8.05. The predicted molar refractivity (Wildman–Crippen MR) is 128 cm³/mol. The number of hydrogen-bond donors (Lipinski definition) is 2. The van der Waals surface area contributed by atoms with Crippen LogP contribution in [0, 0.1) is 11.3 Å². The van der Waals surface area contributed by atoms with E-state index in [4.69, 9.17) is 9.47 Å². The fourth-order valence-corrected chi connectivity index (χ4v) is 4.82. The maximum absolute atomic E-state index is 6.00. The number of guanidine groups is 1. The molecule has 6 nitrogen and oxygen atoms in total. The molecule has 0 radical (unpaired) electrons. The maximum Gasteiger partial charge on any atom is 0.191 e. The smallest absolute Gasteiger partial charge is 0.191 e. The molecule has 1 saturated heterocycles. The van der Waals surface area contributed by atoms with Gasteiger partial charge in [-0.2, -0.15) is 0 Å². The maximum atomic E-state index is 6.00. The summed E-state index contributed by atoms with van der Waals surface area (Å²) in [6.45, 7) is 12.7. The number of ether oxygens (including phenoxy) is 2. The number of likely N-dealkylation sites (tertiary alicyclic amines) is 1. The highest BCUT2D eigenvalue weighted by Crippen LogP contribution is 2.48. The minimum absolute atomic E-state index is 0. The van der Waals surface area contributed by atoms with Crippen molar-refractivity contribution < 1.29 is 9.47 Å². The Morgan fingerprint density at radius 1 is 1.18 bits per heavy atom. The third-order valence-electron chi connectivity index (χ3n) is 6.88. The lowest BCUT2D eigenvalue weighted by molar-refractivity contribution is -0.133. The van der Waals surface area contributed by atoms with E-state index >= 15 is 0 Å². The van der Waals surface area contributed by atoms with E-state index in [-0.39, 0.29) is 29.4 Å². The van der Waals surface area contributed by atoms with Crippen molar-refractivity contribution in [2.24, 2.45) is 16.3 Å². The molecule has 0 bridgehead atoms. The van der Waals surface area contributed by atoms with Crippen molar-refractivity contribution in [3.8, 4) is 0 Å². The van der Waals surface area contributed by atoms with Crippen LogP contribution in [0.1, 0.15) is 52.9 Å². The summed E-state index contributed by atoms with van der Waals surface area (Å²) in [5.41, 5.74) is 0.236. The van der Waals surface area contributed by atoms with Gasteiger partial charge in [0.05, 0.1) is 12.7 Å². The molecule has 1 aliphatic carbocycles. The van der Waals surface area contributed by atoms with Crippen molar-refractivity contribution in [3.63, 3.8) is 0 Å². The molecule has 2 fully saturated rings. The van der Waals surface area contributed by atoms with Gasteiger partial charge in [0.15, 0.2) is 5.96 Å². The minimum atomic E-state index is 0. The van der Waals surface area contributed by atoms with Crippen LogP contribution in [0.5, 0.6) is 0 Å². The molecule has 1 saturated carbocycles. The van der Waals surface area contributed by atoms with Crippen LogP contribution in [0.3, 0.4) is 0 Å². The van der Waals surface area contributed by atoms with Crippen LogP contribution < -0.4 is 10.6 Å². The first kappa shape index (κ1) is 25.9. The second kappa shape index (κ2) is 13.2. The highest BCUT2D eigenvalue weighted by molar-refractivity contribution is 14.0. The standard InChI is InChI=1S/C21H42N4O2.HI/c1-6-21(7-2)18(15-19(21)27-8-3)24-20(22-4)23-16-17-9-11-25(12-10-17)13-14-26-5;/h17-19H,6-16H2,1-5H3,(H2,22,23,24);1H. The number of nitrogens with one attached hydrogen (secondary N) is 2. The van der Waals surface area contributed by atoms with Crippen molar-refractivity contribution in [2.45, 2.75) is 65.0 Å². The zero-order chi connectivity index (χ0) is 19.7. The number of aliphatic imine (C=N–C) groups is 1. The molecule has 1 heterocycles. The van der Waals surface area contributed by atoms with E-state index in [0.717, 1.165) is 57.4 Å². The highest BCUT2D eigenvalue weighted by atomic mass is 127. The summed E-state index contributed by atoms with van der Waals surface area (Å²) in [6.07, 6.45) is 6.23. The van der Waals surface area contributed by atoms with Gasteiger partial charge in [-0.15, -0.1) is 24.0 Å². The van der Waals surface area contributed by atoms with E-state index in [1.54, 1.807) is 7.11 Å². The van der Waals surface area contributed by atoms with Crippen LogP contribution in [-0.2, 0) is 9.47 Å². The van der Waals surface area contributed by atoms with Crippen LogP contribution in [0.15, 0.2) is 4.99 Å². The topological polar surface area (TPSA) is 58.1 Å². The van der Waals surface area contributed by atoms with Gasteiger partial charge in [-0.1, -0.05) is 13.8 Å². The lowest BCUT2D eigenvalue weighted by Crippen LogP contribution is -2.65. The van der Waals surface area contributed by atoms with E-state index in [1.807, 2.05) is 7.05 Å². The fourth-order valence-electron chi connectivity index (χ4n) is 4.82. The molecular weight excluding hydrogens is 467 g/mol. The zero-order valence-corrected chi connectivity index (χ0v) is 21.0. The molecule has 7 heteroatoms. The van der Waals surface area contributed by atoms with E-state index in [2.05, 4.69) is 41.3 Å². The summed E-state index contributed by atoms with van der Waals surface area (Å²) < 4.78 is 11.2. The molecule has 0 spiro atoms. The lowest BCUT2D eigenvalue weighted by Gasteiger charge is -2.55. The molecule has 28 heavy (non-hydrogen) atoms. The summed E-state index contributed by atoms with van der Waals surface area (Å²) in [5.74, 6) is 1.67. The Morgan fingerprint density at radius 2 is 1.86 bits per heavy atom. The molecule has 2 N–H and O–H groups in total. The van der Waals surface area contributed by atoms with E-state index in [9.17, 15) is 0 Å². The number of halogens is 1. The molecule has 0 aromatic rings. The van der Waals surface area contributed by atoms with Gasteiger partial charge < -0.3 is 25.0 Å². The van der Waals surface area contributed by atoms with Gasteiger partial charge >= 0.3 is 0 Å². The van der Waals surface area contributed by atoms with Gasteiger partial charge in [-0.25, -0.2) is 0 Å². The Labute approximate surface area is 189 Å². The van der Waals surface area contributed by atoms with Crippen LogP contribution in [-0.4, -0.2) is 76.6 Å². The third-order valence-corrected chi connectivity index (χ3v) is 6.88. The molecule has 166 valence electrons. The second-order valence-corrected chi connectivity index (χ2v) is 8.05. The van der Waals surface area contributed by atoms with Gasteiger partial charge in [0.2, 0.25) is 0 Å². The summed E-state index contributed by atoms with van der Waals surface area (Å²) >= 11 is 0. The Balaban J connectivity index is 0.00000392. The van der Waals surface area contributed by atoms with E-state index < -0.39 is 0 Å². The summed E-state index contributed by atoms with van der Waals surface area (Å²) in [7, 11) is 3.65. The molecule has 2 atom stereocenters. The first-order chi connectivity index (χ1) is 13.1. The van der Waals surface area contributed by atoms with Crippen LogP contribution >= 0.6 is 24.0 Å². The van der Waals surface area contributed by atoms with Crippen molar-refractivity contribution in [1.29, 1.82) is 0 Å². The normalized spacial score (nSPS) is 25.7.